The summed E-state index contributed by atoms with van der Waals surface area (Å²) in [6.45, 7) is 1.68. The van der Waals surface area contributed by atoms with Gasteiger partial charge in [-0.15, -0.1) is 0 Å². The van der Waals surface area contributed by atoms with Crippen LogP contribution in [0.15, 0.2) is 59.7 Å². The van der Waals surface area contributed by atoms with Gasteiger partial charge in [-0.1, -0.05) is 30.3 Å². The smallest absolute Gasteiger partial charge is 0.280 e. The highest BCUT2D eigenvalue weighted by Crippen LogP contribution is 2.11. The largest absolute Gasteiger partial charge is 0.481 e. The number of amides is 1. The molecular weight excluding hydrogens is 290 g/mol. The second kappa shape index (κ2) is 7.98. The fraction of sp³-hybridized carbons (Fsp3) is 0.222. The van der Waals surface area contributed by atoms with Crippen molar-refractivity contribution in [3.63, 3.8) is 0 Å². The lowest BCUT2D eigenvalue weighted by Crippen LogP contribution is -2.33. The van der Waals surface area contributed by atoms with Crippen LogP contribution >= 0.6 is 0 Å². The Balaban J connectivity index is 1.85. The van der Waals surface area contributed by atoms with Crippen LogP contribution in [0, 0.1) is 0 Å². The highest BCUT2D eigenvalue weighted by Gasteiger charge is 2.13. The summed E-state index contributed by atoms with van der Waals surface area (Å²) in [6.07, 6.45) is 0.984. The number of hydrogen-bond donors (Lipinski definition) is 1. The SMILES string of the molecule is C[C@H](Oc1ccccc1)C(=O)NN=Cc1ccc(N(C)C)cc1. The first-order valence-corrected chi connectivity index (χ1v) is 7.38. The van der Waals surface area contributed by atoms with E-state index in [1.54, 1.807) is 25.3 Å². The quantitative estimate of drug-likeness (QED) is 0.659. The number of nitrogens with one attached hydrogen (secondary N) is 1. The van der Waals surface area contributed by atoms with Crippen molar-refractivity contribution in [1.29, 1.82) is 0 Å². The predicted octanol–water partition coefficient (Wildman–Crippen LogP) is 2.67. The van der Waals surface area contributed by atoms with E-state index in [0.717, 1.165) is 11.3 Å². The van der Waals surface area contributed by atoms with Crippen molar-refractivity contribution in [3.8, 4) is 5.75 Å². The number of benzene rings is 2. The third-order valence-electron chi connectivity index (χ3n) is 3.22. The predicted molar refractivity (Wildman–Crippen MR) is 93.0 cm³/mol. The average Bonchev–Trinajstić information content (AvgIpc) is 2.56. The van der Waals surface area contributed by atoms with Crippen LogP contribution in [0.25, 0.3) is 0 Å². The number of carbonyl (C=O) groups excluding carboxylic acids is 1. The second-order valence-corrected chi connectivity index (χ2v) is 5.29. The zero-order valence-corrected chi connectivity index (χ0v) is 13.6. The molecule has 2 aromatic carbocycles. The number of nitrogens with zero attached hydrogens (tertiary/aromatic N) is 2. The first-order valence-electron chi connectivity index (χ1n) is 7.38. The van der Waals surface area contributed by atoms with Crippen LogP contribution < -0.4 is 15.1 Å². The number of carbonyl (C=O) groups is 1. The molecule has 0 unspecified atom stereocenters. The average molecular weight is 311 g/mol. The lowest BCUT2D eigenvalue weighted by molar-refractivity contribution is -0.127. The molecule has 0 saturated carbocycles. The standard InChI is InChI=1S/C18H21N3O2/c1-14(23-17-7-5-4-6-8-17)18(22)20-19-13-15-9-11-16(12-10-15)21(2)3/h4-14H,1-3H3,(H,20,22)/t14-/m0/s1. The Hall–Kier alpha value is -2.82. The van der Waals surface area contributed by atoms with E-state index in [9.17, 15) is 4.79 Å². The van der Waals surface area contributed by atoms with Gasteiger partial charge in [-0.3, -0.25) is 4.79 Å². The maximum absolute atomic E-state index is 11.9. The second-order valence-electron chi connectivity index (χ2n) is 5.29. The lowest BCUT2D eigenvalue weighted by Gasteiger charge is -2.12. The summed E-state index contributed by atoms with van der Waals surface area (Å²) >= 11 is 0. The molecule has 120 valence electrons. The fourth-order valence-corrected chi connectivity index (χ4v) is 1.88. The molecule has 0 aliphatic heterocycles. The molecule has 0 aliphatic rings. The third kappa shape index (κ3) is 5.14. The van der Waals surface area contributed by atoms with E-state index in [-0.39, 0.29) is 5.91 Å². The minimum absolute atomic E-state index is 0.296. The van der Waals surface area contributed by atoms with E-state index in [1.165, 1.54) is 0 Å². The lowest BCUT2D eigenvalue weighted by atomic mass is 10.2. The fourth-order valence-electron chi connectivity index (χ4n) is 1.88. The van der Waals surface area contributed by atoms with Crippen LogP contribution in [0.1, 0.15) is 12.5 Å². The van der Waals surface area contributed by atoms with E-state index in [4.69, 9.17) is 4.74 Å². The minimum atomic E-state index is -0.620. The molecule has 0 radical (unpaired) electrons. The highest BCUT2D eigenvalue weighted by molar-refractivity contribution is 5.84. The van der Waals surface area contributed by atoms with Gasteiger partial charge < -0.3 is 9.64 Å². The van der Waals surface area contributed by atoms with Crippen LogP contribution in [-0.2, 0) is 4.79 Å². The summed E-state index contributed by atoms with van der Waals surface area (Å²) in [5.41, 5.74) is 4.50. The van der Waals surface area contributed by atoms with Crippen molar-refractivity contribution < 1.29 is 9.53 Å². The Morgan fingerprint density at radius 2 is 1.78 bits per heavy atom. The molecule has 1 amide bonds. The number of hydrazone groups is 1. The molecule has 0 spiro atoms. The molecule has 5 heteroatoms. The van der Waals surface area contributed by atoms with E-state index < -0.39 is 6.10 Å². The van der Waals surface area contributed by atoms with Crippen LogP contribution in [-0.4, -0.2) is 32.3 Å². The Labute approximate surface area is 136 Å². The number of anilines is 1. The third-order valence-corrected chi connectivity index (χ3v) is 3.22. The van der Waals surface area contributed by atoms with Gasteiger partial charge in [0.15, 0.2) is 6.10 Å². The molecule has 0 aliphatic carbocycles. The Kier molecular flexibility index (Phi) is 5.74. The molecule has 0 aromatic heterocycles. The van der Waals surface area contributed by atoms with Crippen molar-refractivity contribution in [2.45, 2.75) is 13.0 Å². The van der Waals surface area contributed by atoms with E-state index in [0.29, 0.717) is 5.75 Å². The van der Waals surface area contributed by atoms with Crippen molar-refractivity contribution >= 4 is 17.8 Å². The molecule has 23 heavy (non-hydrogen) atoms. The summed E-state index contributed by atoms with van der Waals surface area (Å²) < 4.78 is 5.53. The minimum Gasteiger partial charge on any atom is -0.481 e. The number of ether oxygens (including phenoxy) is 1. The van der Waals surface area contributed by atoms with Crippen LogP contribution in [0.2, 0.25) is 0 Å². The van der Waals surface area contributed by atoms with Crippen molar-refractivity contribution in [3.05, 3.63) is 60.2 Å². The van der Waals surface area contributed by atoms with Gasteiger partial charge in [-0.2, -0.15) is 5.10 Å². The summed E-state index contributed by atoms with van der Waals surface area (Å²) in [4.78, 5) is 13.9. The van der Waals surface area contributed by atoms with E-state index in [2.05, 4.69) is 10.5 Å². The van der Waals surface area contributed by atoms with Crippen LogP contribution in [0.3, 0.4) is 0 Å². The Bertz CT molecular complexity index is 652. The number of rotatable bonds is 6. The normalized spacial score (nSPS) is 12.0. The van der Waals surface area contributed by atoms with Gasteiger partial charge in [-0.05, 0) is 36.8 Å². The van der Waals surface area contributed by atoms with Crippen LogP contribution in [0.4, 0.5) is 5.69 Å². The Morgan fingerprint density at radius 1 is 1.13 bits per heavy atom. The molecule has 1 atom stereocenters. The van der Waals surface area contributed by atoms with E-state index in [1.807, 2.05) is 61.5 Å². The van der Waals surface area contributed by atoms with E-state index >= 15 is 0 Å². The summed E-state index contributed by atoms with van der Waals surface area (Å²) in [5.74, 6) is 0.355. The monoisotopic (exact) mass is 311 g/mol. The molecule has 0 bridgehead atoms. The number of para-hydroxylation sites is 1. The van der Waals surface area contributed by atoms with Gasteiger partial charge in [0.25, 0.3) is 5.91 Å². The molecule has 1 N–H and O–H groups in total. The molecule has 0 fully saturated rings. The molecule has 2 rings (SSSR count). The van der Waals surface area contributed by atoms with Gasteiger partial charge in [0.05, 0.1) is 6.21 Å². The van der Waals surface area contributed by atoms with Crippen molar-refractivity contribution in [2.75, 3.05) is 19.0 Å². The maximum atomic E-state index is 11.9. The zero-order valence-electron chi connectivity index (χ0n) is 13.6. The van der Waals surface area contributed by atoms with Gasteiger partial charge in [0.1, 0.15) is 5.75 Å². The number of hydrogen-bond acceptors (Lipinski definition) is 4. The molecule has 0 saturated heterocycles. The molecular formula is C18H21N3O2. The first-order chi connectivity index (χ1) is 11.1. The topological polar surface area (TPSA) is 53.9 Å². The molecule has 0 heterocycles. The first kappa shape index (κ1) is 16.5. The van der Waals surface area contributed by atoms with Gasteiger partial charge >= 0.3 is 0 Å². The zero-order chi connectivity index (χ0) is 16.7. The summed E-state index contributed by atoms with van der Waals surface area (Å²) in [5, 5.41) is 3.96. The van der Waals surface area contributed by atoms with Gasteiger partial charge in [-0.25, -0.2) is 5.43 Å². The molecule has 5 nitrogen and oxygen atoms in total. The van der Waals surface area contributed by atoms with Crippen molar-refractivity contribution in [1.82, 2.24) is 5.43 Å². The maximum Gasteiger partial charge on any atom is 0.280 e. The van der Waals surface area contributed by atoms with Crippen LogP contribution in [0.5, 0.6) is 5.75 Å². The van der Waals surface area contributed by atoms with Gasteiger partial charge in [0, 0.05) is 19.8 Å². The highest BCUT2D eigenvalue weighted by atomic mass is 16.5. The summed E-state index contributed by atoms with van der Waals surface area (Å²) in [7, 11) is 3.97. The summed E-state index contributed by atoms with van der Waals surface area (Å²) in [6, 6.07) is 17.1. The van der Waals surface area contributed by atoms with Crippen molar-refractivity contribution in [2.24, 2.45) is 5.10 Å². The van der Waals surface area contributed by atoms with Gasteiger partial charge in [0.2, 0.25) is 0 Å². The Morgan fingerprint density at radius 3 is 2.39 bits per heavy atom. The molecule has 2 aromatic rings.